The largest absolute Gasteiger partial charge is 0.417 e. The molecule has 2 aromatic rings. The lowest BCUT2D eigenvalue weighted by Gasteiger charge is -2.29. The van der Waals surface area contributed by atoms with Crippen LogP contribution in [0.4, 0.5) is 13.2 Å². The Labute approximate surface area is 170 Å². The Balaban J connectivity index is 1.76. The highest BCUT2D eigenvalue weighted by Crippen LogP contribution is 2.30. The molecule has 29 heavy (non-hydrogen) atoms. The standard InChI is InChI=1S/C17H21F3N4O3S2/c1-11(2)7-23(13-5-6-29(26,27)10-13)15(25)9-28-16-22-21-14-4-3-12(8-24(14)16)17(18,19)20/h3-4,8,11,13H,5-7,9-10H2,1-2H3. The third-order valence-corrected chi connectivity index (χ3v) is 7.23. The van der Waals surface area contributed by atoms with Gasteiger partial charge in [0.25, 0.3) is 0 Å². The number of fused-ring (bicyclic) bond motifs is 1. The fourth-order valence-electron chi connectivity index (χ4n) is 3.21. The molecule has 1 aliphatic rings. The number of hydrogen-bond acceptors (Lipinski definition) is 6. The van der Waals surface area contributed by atoms with Gasteiger partial charge >= 0.3 is 6.18 Å². The van der Waals surface area contributed by atoms with E-state index < -0.39 is 21.6 Å². The number of carbonyl (C=O) groups excluding carboxylic acids is 1. The summed E-state index contributed by atoms with van der Waals surface area (Å²) in [6.45, 7) is 4.28. The fourth-order valence-corrected chi connectivity index (χ4v) is 5.75. The predicted molar refractivity (Wildman–Crippen MR) is 102 cm³/mol. The minimum Gasteiger partial charge on any atom is -0.338 e. The van der Waals surface area contributed by atoms with Crippen LogP contribution < -0.4 is 0 Å². The molecule has 3 heterocycles. The molecule has 0 aromatic carbocycles. The van der Waals surface area contributed by atoms with E-state index in [9.17, 15) is 26.4 Å². The van der Waals surface area contributed by atoms with Crippen molar-refractivity contribution in [1.82, 2.24) is 19.5 Å². The van der Waals surface area contributed by atoms with Crippen molar-refractivity contribution < 1.29 is 26.4 Å². The summed E-state index contributed by atoms with van der Waals surface area (Å²) in [4.78, 5) is 14.4. The van der Waals surface area contributed by atoms with Crippen molar-refractivity contribution in [3.8, 4) is 0 Å². The van der Waals surface area contributed by atoms with Crippen LogP contribution in [0.2, 0.25) is 0 Å². The Morgan fingerprint density at radius 2 is 2.07 bits per heavy atom. The molecule has 1 unspecified atom stereocenters. The smallest absolute Gasteiger partial charge is 0.338 e. The maximum Gasteiger partial charge on any atom is 0.417 e. The number of alkyl halides is 3. The van der Waals surface area contributed by atoms with E-state index in [1.807, 2.05) is 13.8 Å². The van der Waals surface area contributed by atoms with Gasteiger partial charge in [-0.2, -0.15) is 13.2 Å². The maximum atomic E-state index is 13.0. The van der Waals surface area contributed by atoms with Crippen molar-refractivity contribution in [2.45, 2.75) is 37.6 Å². The summed E-state index contributed by atoms with van der Waals surface area (Å²) in [7, 11) is -3.15. The molecule has 0 bridgehead atoms. The molecule has 0 aliphatic carbocycles. The SMILES string of the molecule is CC(C)CN(C(=O)CSc1nnc2ccc(C(F)(F)F)cn12)C1CCS(=O)(=O)C1. The zero-order valence-electron chi connectivity index (χ0n) is 15.9. The summed E-state index contributed by atoms with van der Waals surface area (Å²) in [6, 6.07) is 1.77. The van der Waals surface area contributed by atoms with Gasteiger partial charge in [0.2, 0.25) is 5.91 Å². The number of nitrogens with zero attached hydrogens (tertiary/aromatic N) is 4. The minimum atomic E-state index is -4.50. The van der Waals surface area contributed by atoms with Crippen molar-refractivity contribution in [1.29, 1.82) is 0 Å². The highest BCUT2D eigenvalue weighted by atomic mass is 32.2. The lowest BCUT2D eigenvalue weighted by atomic mass is 10.1. The third-order valence-electron chi connectivity index (χ3n) is 4.55. The van der Waals surface area contributed by atoms with Gasteiger partial charge in [-0.25, -0.2) is 8.42 Å². The van der Waals surface area contributed by atoms with E-state index in [1.54, 1.807) is 4.90 Å². The van der Waals surface area contributed by atoms with E-state index >= 15 is 0 Å². The second-order valence-corrected chi connectivity index (χ2v) is 10.6. The molecule has 0 saturated carbocycles. The van der Waals surface area contributed by atoms with Crippen LogP contribution in [0, 0.1) is 5.92 Å². The summed E-state index contributed by atoms with van der Waals surface area (Å²) in [5, 5.41) is 7.87. The van der Waals surface area contributed by atoms with Gasteiger partial charge in [-0.15, -0.1) is 10.2 Å². The van der Waals surface area contributed by atoms with E-state index in [1.165, 1.54) is 10.5 Å². The molecule has 160 valence electrons. The Hall–Kier alpha value is -1.82. The van der Waals surface area contributed by atoms with Crippen molar-refractivity contribution in [3.63, 3.8) is 0 Å². The predicted octanol–water partition coefficient (Wildman–Crippen LogP) is 2.51. The molecule has 1 aliphatic heterocycles. The second kappa shape index (κ2) is 8.13. The maximum absolute atomic E-state index is 13.0. The number of hydrogen-bond donors (Lipinski definition) is 0. The van der Waals surface area contributed by atoms with Gasteiger partial charge in [0.05, 0.1) is 22.8 Å². The Kier molecular flexibility index (Phi) is 6.13. The van der Waals surface area contributed by atoms with Crippen LogP contribution >= 0.6 is 11.8 Å². The summed E-state index contributed by atoms with van der Waals surface area (Å²) in [5.74, 6) is -0.189. The molecular weight excluding hydrogens is 429 g/mol. The first-order valence-electron chi connectivity index (χ1n) is 9.01. The van der Waals surface area contributed by atoms with Crippen LogP contribution in [0.5, 0.6) is 0 Å². The van der Waals surface area contributed by atoms with Crippen LogP contribution in [-0.4, -0.2) is 63.7 Å². The van der Waals surface area contributed by atoms with Gasteiger partial charge in [0.15, 0.2) is 20.6 Å². The summed E-state index contributed by atoms with van der Waals surface area (Å²) >= 11 is 0.979. The van der Waals surface area contributed by atoms with Crippen LogP contribution in [-0.2, 0) is 20.8 Å². The first-order valence-corrected chi connectivity index (χ1v) is 11.8. The van der Waals surface area contributed by atoms with Crippen LogP contribution in [0.1, 0.15) is 25.8 Å². The van der Waals surface area contributed by atoms with Gasteiger partial charge in [-0.05, 0) is 24.5 Å². The molecule has 12 heteroatoms. The van der Waals surface area contributed by atoms with E-state index in [-0.39, 0.29) is 45.9 Å². The summed E-state index contributed by atoms with van der Waals surface area (Å²) in [6.07, 6.45) is -3.20. The minimum absolute atomic E-state index is 0.0566. The van der Waals surface area contributed by atoms with Crippen molar-refractivity contribution >= 4 is 33.2 Å². The molecule has 1 amide bonds. The molecule has 3 rings (SSSR count). The number of amides is 1. The third kappa shape index (κ3) is 5.21. The number of thioether (sulfide) groups is 1. The summed E-state index contributed by atoms with van der Waals surface area (Å²) < 4.78 is 63.7. The number of rotatable bonds is 6. The molecule has 1 saturated heterocycles. The topological polar surface area (TPSA) is 84.6 Å². The van der Waals surface area contributed by atoms with Gasteiger partial charge in [-0.1, -0.05) is 25.6 Å². The van der Waals surface area contributed by atoms with Crippen LogP contribution in [0.15, 0.2) is 23.5 Å². The lowest BCUT2D eigenvalue weighted by Crippen LogP contribution is -2.44. The van der Waals surface area contributed by atoms with Crippen molar-refractivity contribution in [3.05, 3.63) is 23.9 Å². The van der Waals surface area contributed by atoms with E-state index in [2.05, 4.69) is 10.2 Å². The number of halogens is 3. The van der Waals surface area contributed by atoms with E-state index in [0.717, 1.165) is 24.0 Å². The van der Waals surface area contributed by atoms with Crippen molar-refractivity contribution in [2.24, 2.45) is 5.92 Å². The average Bonchev–Trinajstić information content (AvgIpc) is 3.18. The normalized spacial score (nSPS) is 19.2. The Bertz CT molecular complexity index is 1010. The van der Waals surface area contributed by atoms with E-state index in [4.69, 9.17) is 0 Å². The molecule has 0 N–H and O–H groups in total. The molecule has 7 nitrogen and oxygen atoms in total. The molecule has 2 aromatic heterocycles. The lowest BCUT2D eigenvalue weighted by molar-refractivity contribution is -0.138. The van der Waals surface area contributed by atoms with Gasteiger partial charge < -0.3 is 4.90 Å². The van der Waals surface area contributed by atoms with Crippen molar-refractivity contribution in [2.75, 3.05) is 23.8 Å². The number of sulfone groups is 1. The van der Waals surface area contributed by atoms with Gasteiger partial charge in [0, 0.05) is 18.8 Å². The molecule has 0 radical (unpaired) electrons. The van der Waals surface area contributed by atoms with Crippen LogP contribution in [0.25, 0.3) is 5.65 Å². The van der Waals surface area contributed by atoms with Crippen LogP contribution in [0.3, 0.4) is 0 Å². The highest BCUT2D eigenvalue weighted by molar-refractivity contribution is 7.99. The average molecular weight is 451 g/mol. The number of carbonyl (C=O) groups is 1. The number of pyridine rings is 1. The first-order chi connectivity index (χ1) is 13.5. The quantitative estimate of drug-likeness (QED) is 0.629. The Morgan fingerprint density at radius 1 is 1.34 bits per heavy atom. The second-order valence-electron chi connectivity index (χ2n) is 7.41. The zero-order chi connectivity index (χ0) is 21.4. The van der Waals surface area contributed by atoms with E-state index in [0.29, 0.717) is 13.0 Å². The number of aromatic nitrogens is 3. The van der Waals surface area contributed by atoms with Gasteiger partial charge in [-0.3, -0.25) is 9.20 Å². The monoisotopic (exact) mass is 450 g/mol. The van der Waals surface area contributed by atoms with Gasteiger partial charge in [0.1, 0.15) is 0 Å². The fraction of sp³-hybridized carbons (Fsp3) is 0.588. The molecule has 1 atom stereocenters. The molecule has 0 spiro atoms. The highest BCUT2D eigenvalue weighted by Gasteiger charge is 2.35. The first kappa shape index (κ1) is 21.9. The molecular formula is C17H21F3N4O3S2. The Morgan fingerprint density at radius 3 is 2.66 bits per heavy atom. The summed E-state index contributed by atoms with van der Waals surface area (Å²) in [5.41, 5.74) is -0.593. The molecule has 1 fully saturated rings. The zero-order valence-corrected chi connectivity index (χ0v) is 17.5.